The Labute approximate surface area is 118 Å². The summed E-state index contributed by atoms with van der Waals surface area (Å²) in [7, 11) is 2.26. The van der Waals surface area contributed by atoms with E-state index in [-0.39, 0.29) is 0 Å². The number of nitrogens with zero attached hydrogens (tertiary/aromatic N) is 1. The molecule has 1 aromatic rings. The molecule has 1 aliphatic carbocycles. The Bertz CT molecular complexity index is 369. The SMILES string of the molecule is CN(Cc1ccccc1CCN)CC1CCCCC1. The van der Waals surface area contributed by atoms with Crippen LogP contribution in [0.5, 0.6) is 0 Å². The van der Waals surface area contributed by atoms with E-state index in [2.05, 4.69) is 36.2 Å². The van der Waals surface area contributed by atoms with E-state index < -0.39 is 0 Å². The van der Waals surface area contributed by atoms with Crippen LogP contribution in [0.3, 0.4) is 0 Å². The summed E-state index contributed by atoms with van der Waals surface area (Å²) in [6.45, 7) is 3.05. The summed E-state index contributed by atoms with van der Waals surface area (Å²) in [6.07, 6.45) is 8.15. The summed E-state index contributed by atoms with van der Waals surface area (Å²) >= 11 is 0. The van der Waals surface area contributed by atoms with Gasteiger partial charge in [-0.25, -0.2) is 0 Å². The molecule has 19 heavy (non-hydrogen) atoms. The Balaban J connectivity index is 1.88. The first-order valence-electron chi connectivity index (χ1n) is 7.75. The molecule has 0 aromatic heterocycles. The van der Waals surface area contributed by atoms with Gasteiger partial charge in [-0.3, -0.25) is 0 Å². The van der Waals surface area contributed by atoms with Gasteiger partial charge in [-0.15, -0.1) is 0 Å². The third-order valence-corrected chi connectivity index (χ3v) is 4.27. The van der Waals surface area contributed by atoms with Crippen molar-refractivity contribution in [1.29, 1.82) is 0 Å². The molecule has 1 fully saturated rings. The van der Waals surface area contributed by atoms with E-state index in [1.807, 2.05) is 0 Å². The summed E-state index contributed by atoms with van der Waals surface area (Å²) in [5, 5.41) is 0. The number of rotatable bonds is 6. The van der Waals surface area contributed by atoms with Crippen LogP contribution in [0.25, 0.3) is 0 Å². The topological polar surface area (TPSA) is 29.3 Å². The van der Waals surface area contributed by atoms with E-state index >= 15 is 0 Å². The van der Waals surface area contributed by atoms with Crippen molar-refractivity contribution >= 4 is 0 Å². The van der Waals surface area contributed by atoms with Gasteiger partial charge in [0.25, 0.3) is 0 Å². The van der Waals surface area contributed by atoms with Crippen LogP contribution in [0.1, 0.15) is 43.2 Å². The van der Waals surface area contributed by atoms with Crippen molar-refractivity contribution in [3.8, 4) is 0 Å². The molecular formula is C17H28N2. The summed E-state index contributed by atoms with van der Waals surface area (Å²) in [5.74, 6) is 0.917. The molecule has 2 rings (SSSR count). The van der Waals surface area contributed by atoms with Crippen molar-refractivity contribution in [3.63, 3.8) is 0 Å². The highest BCUT2D eigenvalue weighted by Gasteiger charge is 2.15. The van der Waals surface area contributed by atoms with Crippen molar-refractivity contribution in [2.75, 3.05) is 20.1 Å². The zero-order valence-electron chi connectivity index (χ0n) is 12.3. The van der Waals surface area contributed by atoms with E-state index in [0.717, 1.165) is 25.4 Å². The molecular weight excluding hydrogens is 232 g/mol. The predicted octanol–water partition coefficient (Wildman–Crippen LogP) is 3.20. The molecule has 0 bridgehead atoms. The van der Waals surface area contributed by atoms with Crippen LogP contribution in [-0.4, -0.2) is 25.0 Å². The van der Waals surface area contributed by atoms with Crippen molar-refractivity contribution < 1.29 is 0 Å². The Morgan fingerprint density at radius 2 is 1.79 bits per heavy atom. The van der Waals surface area contributed by atoms with Crippen molar-refractivity contribution in [2.24, 2.45) is 11.7 Å². The van der Waals surface area contributed by atoms with Gasteiger partial charge in [0.15, 0.2) is 0 Å². The molecule has 0 aliphatic heterocycles. The third-order valence-electron chi connectivity index (χ3n) is 4.27. The Morgan fingerprint density at radius 3 is 2.47 bits per heavy atom. The zero-order chi connectivity index (χ0) is 13.5. The van der Waals surface area contributed by atoms with Crippen LogP contribution in [0, 0.1) is 5.92 Å². The average Bonchev–Trinajstić information content (AvgIpc) is 2.42. The van der Waals surface area contributed by atoms with E-state index in [1.165, 1.54) is 49.8 Å². The lowest BCUT2D eigenvalue weighted by Gasteiger charge is -2.27. The van der Waals surface area contributed by atoms with Gasteiger partial charge in [0.1, 0.15) is 0 Å². The molecule has 0 atom stereocenters. The standard InChI is InChI=1S/C17H28N2/c1-19(13-15-7-3-2-4-8-15)14-17-10-6-5-9-16(17)11-12-18/h5-6,9-10,15H,2-4,7-8,11-14,18H2,1H3. The molecule has 2 N–H and O–H groups in total. The predicted molar refractivity (Wildman–Crippen MR) is 82.1 cm³/mol. The molecule has 0 radical (unpaired) electrons. The first-order chi connectivity index (χ1) is 9.29. The van der Waals surface area contributed by atoms with Crippen molar-refractivity contribution in [1.82, 2.24) is 4.90 Å². The molecule has 0 unspecified atom stereocenters. The zero-order valence-corrected chi connectivity index (χ0v) is 12.3. The van der Waals surface area contributed by atoms with Crippen LogP contribution in [0.2, 0.25) is 0 Å². The van der Waals surface area contributed by atoms with E-state index in [1.54, 1.807) is 0 Å². The van der Waals surface area contributed by atoms with Crippen LogP contribution in [0.15, 0.2) is 24.3 Å². The molecule has 1 saturated carbocycles. The highest BCUT2D eigenvalue weighted by molar-refractivity contribution is 5.27. The molecule has 1 aliphatic rings. The Morgan fingerprint density at radius 1 is 1.11 bits per heavy atom. The van der Waals surface area contributed by atoms with Crippen LogP contribution < -0.4 is 5.73 Å². The van der Waals surface area contributed by atoms with E-state index in [9.17, 15) is 0 Å². The highest BCUT2D eigenvalue weighted by atomic mass is 15.1. The fourth-order valence-electron chi connectivity index (χ4n) is 3.28. The smallest absolute Gasteiger partial charge is 0.0233 e. The van der Waals surface area contributed by atoms with Crippen LogP contribution >= 0.6 is 0 Å². The second-order valence-corrected chi connectivity index (χ2v) is 6.01. The third kappa shape index (κ3) is 4.63. The molecule has 0 saturated heterocycles. The monoisotopic (exact) mass is 260 g/mol. The molecule has 106 valence electrons. The van der Waals surface area contributed by atoms with Crippen LogP contribution in [-0.2, 0) is 13.0 Å². The van der Waals surface area contributed by atoms with Gasteiger partial charge in [0.05, 0.1) is 0 Å². The maximum Gasteiger partial charge on any atom is 0.0233 e. The van der Waals surface area contributed by atoms with Crippen molar-refractivity contribution in [2.45, 2.75) is 45.1 Å². The van der Waals surface area contributed by atoms with E-state index in [0.29, 0.717) is 0 Å². The number of hydrogen-bond donors (Lipinski definition) is 1. The minimum Gasteiger partial charge on any atom is -0.330 e. The lowest BCUT2D eigenvalue weighted by atomic mass is 9.89. The van der Waals surface area contributed by atoms with Gasteiger partial charge in [-0.1, -0.05) is 43.5 Å². The van der Waals surface area contributed by atoms with Gasteiger partial charge in [-0.2, -0.15) is 0 Å². The Hall–Kier alpha value is -0.860. The molecule has 0 spiro atoms. The minimum atomic E-state index is 0.739. The first kappa shape index (κ1) is 14.5. The fourth-order valence-corrected chi connectivity index (χ4v) is 3.28. The van der Waals surface area contributed by atoms with E-state index in [4.69, 9.17) is 5.73 Å². The number of nitrogens with two attached hydrogens (primary N) is 1. The van der Waals surface area contributed by atoms with Gasteiger partial charge in [-0.05, 0) is 49.9 Å². The quantitative estimate of drug-likeness (QED) is 0.851. The second kappa shape index (κ2) is 7.66. The summed E-state index contributed by atoms with van der Waals surface area (Å²) in [4.78, 5) is 2.49. The first-order valence-corrected chi connectivity index (χ1v) is 7.75. The number of benzene rings is 1. The molecule has 0 heterocycles. The summed E-state index contributed by atoms with van der Waals surface area (Å²) in [6, 6.07) is 8.73. The van der Waals surface area contributed by atoms with Gasteiger partial charge < -0.3 is 10.6 Å². The fraction of sp³-hybridized carbons (Fsp3) is 0.647. The highest BCUT2D eigenvalue weighted by Crippen LogP contribution is 2.24. The van der Waals surface area contributed by atoms with Crippen LogP contribution in [0.4, 0.5) is 0 Å². The van der Waals surface area contributed by atoms with Gasteiger partial charge in [0.2, 0.25) is 0 Å². The molecule has 2 heteroatoms. The minimum absolute atomic E-state index is 0.739. The maximum atomic E-state index is 5.70. The molecule has 2 nitrogen and oxygen atoms in total. The molecule has 1 aromatic carbocycles. The summed E-state index contributed by atoms with van der Waals surface area (Å²) < 4.78 is 0. The van der Waals surface area contributed by atoms with Crippen molar-refractivity contribution in [3.05, 3.63) is 35.4 Å². The van der Waals surface area contributed by atoms with Gasteiger partial charge in [0, 0.05) is 13.1 Å². The largest absolute Gasteiger partial charge is 0.330 e. The second-order valence-electron chi connectivity index (χ2n) is 6.01. The lowest BCUT2D eigenvalue weighted by Crippen LogP contribution is -2.27. The maximum absolute atomic E-state index is 5.70. The Kier molecular flexibility index (Phi) is 5.87. The molecule has 0 amide bonds. The number of hydrogen-bond acceptors (Lipinski definition) is 2. The average molecular weight is 260 g/mol. The normalized spacial score (nSPS) is 17.0. The van der Waals surface area contributed by atoms with Gasteiger partial charge >= 0.3 is 0 Å². The lowest BCUT2D eigenvalue weighted by molar-refractivity contribution is 0.227. The summed E-state index contributed by atoms with van der Waals surface area (Å²) in [5.41, 5.74) is 8.56.